The molecule has 0 saturated carbocycles. The zero-order valence-electron chi connectivity index (χ0n) is 13.5. The minimum atomic E-state index is -1.92. The van der Waals surface area contributed by atoms with Crippen LogP contribution in [0.5, 0.6) is 0 Å². The van der Waals surface area contributed by atoms with E-state index in [9.17, 15) is 4.79 Å². The lowest BCUT2D eigenvalue weighted by atomic mass is 9.96. The monoisotopic (exact) mass is 301 g/mol. The predicted molar refractivity (Wildman–Crippen MR) is 86.9 cm³/mol. The summed E-state index contributed by atoms with van der Waals surface area (Å²) in [5, 5.41) is 0.123. The first-order valence-electron chi connectivity index (χ1n) is 7.34. The normalized spacial score (nSPS) is 26.5. The number of carbonyl (C=O) groups excluding carboxylic acids is 1. The van der Waals surface area contributed by atoms with Crippen LogP contribution in [0.2, 0.25) is 18.1 Å². The fourth-order valence-corrected chi connectivity index (χ4v) is 3.26. The molecule has 112 valence electrons. The number of fused-ring (bicyclic) bond motifs is 1. The van der Waals surface area contributed by atoms with Gasteiger partial charge in [0.2, 0.25) is 5.91 Å². The third-order valence-corrected chi connectivity index (χ3v) is 8.96. The van der Waals surface area contributed by atoms with E-state index in [4.69, 9.17) is 4.43 Å². The number of hydrogen-bond acceptors (Lipinski definition) is 2. The van der Waals surface area contributed by atoms with Crippen molar-refractivity contribution in [1.82, 2.24) is 4.90 Å². The van der Waals surface area contributed by atoms with E-state index in [1.165, 1.54) is 0 Å². The fraction of sp³-hybridized carbons (Fsp3) is 0.588. The van der Waals surface area contributed by atoms with Crippen LogP contribution < -0.4 is 0 Å². The van der Waals surface area contributed by atoms with Gasteiger partial charge in [-0.3, -0.25) is 4.79 Å². The van der Waals surface area contributed by atoms with Gasteiger partial charge in [0.05, 0.1) is 19.0 Å². The van der Waals surface area contributed by atoms with E-state index < -0.39 is 8.32 Å². The lowest BCUT2D eigenvalue weighted by molar-refractivity contribution is -0.148. The Labute approximate surface area is 128 Å². The van der Waals surface area contributed by atoms with E-state index >= 15 is 0 Å². The second kappa shape index (κ2) is 5.71. The molecular formula is C17H23NO2Si. The predicted octanol–water partition coefficient (Wildman–Crippen LogP) is 2.55. The average molecular weight is 301 g/mol. The standard InChI is InChI=1S/C17H23NO2Si/c1-17(2,3)21(4,5)20-15-11-9-7-6-8-10-12-18-14(15)13-16(18)19/h6-7,14-15H,12-13H2,1-5H3/b7-6-/t14-,15-/m1/s1. The number of hydrogen-bond donors (Lipinski definition) is 0. The summed E-state index contributed by atoms with van der Waals surface area (Å²) in [5.74, 6) is 12.2. The molecule has 0 aromatic carbocycles. The minimum absolute atomic E-state index is 0.0416. The molecule has 1 saturated heterocycles. The molecule has 0 aliphatic carbocycles. The summed E-state index contributed by atoms with van der Waals surface area (Å²) in [6, 6.07) is 0.0416. The van der Waals surface area contributed by atoms with Crippen molar-refractivity contribution in [2.45, 2.75) is 57.5 Å². The third-order valence-electron chi connectivity index (χ3n) is 4.51. The average Bonchev–Trinajstić information content (AvgIpc) is 2.35. The third kappa shape index (κ3) is 3.40. The Balaban J connectivity index is 2.24. The zero-order valence-corrected chi connectivity index (χ0v) is 14.5. The molecule has 2 heterocycles. The number of nitrogens with zero attached hydrogens (tertiary/aromatic N) is 1. The quantitative estimate of drug-likeness (QED) is 0.446. The molecule has 0 bridgehead atoms. The number of amides is 1. The Morgan fingerprint density at radius 2 is 1.95 bits per heavy atom. The van der Waals surface area contributed by atoms with E-state index in [0.29, 0.717) is 13.0 Å². The van der Waals surface area contributed by atoms with Crippen LogP contribution in [0.4, 0.5) is 0 Å². The Morgan fingerprint density at radius 1 is 1.29 bits per heavy atom. The van der Waals surface area contributed by atoms with Gasteiger partial charge in [0.25, 0.3) is 0 Å². The van der Waals surface area contributed by atoms with Gasteiger partial charge in [-0.2, -0.15) is 0 Å². The van der Waals surface area contributed by atoms with Gasteiger partial charge in [-0.15, -0.1) is 0 Å². The summed E-state index contributed by atoms with van der Waals surface area (Å²) in [7, 11) is -1.92. The summed E-state index contributed by atoms with van der Waals surface area (Å²) in [6.07, 6.45) is 3.78. The van der Waals surface area contributed by atoms with Crippen molar-refractivity contribution in [2.24, 2.45) is 0 Å². The molecule has 0 radical (unpaired) electrons. The van der Waals surface area contributed by atoms with Crippen LogP contribution in [0, 0.1) is 23.7 Å². The second-order valence-corrected chi connectivity index (χ2v) is 11.8. The molecule has 3 nitrogen and oxygen atoms in total. The van der Waals surface area contributed by atoms with Gasteiger partial charge in [0, 0.05) is 0 Å². The molecular weight excluding hydrogens is 278 g/mol. The van der Waals surface area contributed by atoms with Crippen molar-refractivity contribution in [1.29, 1.82) is 0 Å². The van der Waals surface area contributed by atoms with Crippen LogP contribution >= 0.6 is 0 Å². The SMILES string of the molecule is CC(C)(C)[Si](C)(C)O[C@@H]1C#C/C=C\C#CCN2C(=O)C[C@H]12. The Hall–Kier alpha value is -1.49. The summed E-state index contributed by atoms with van der Waals surface area (Å²) < 4.78 is 6.45. The molecule has 4 heteroatoms. The van der Waals surface area contributed by atoms with Crippen LogP contribution in [0.15, 0.2) is 12.2 Å². The van der Waals surface area contributed by atoms with Crippen molar-refractivity contribution in [3.8, 4) is 23.7 Å². The number of allylic oxidation sites excluding steroid dienone is 2. The maximum Gasteiger partial charge on any atom is 0.225 e. The first-order valence-corrected chi connectivity index (χ1v) is 10.2. The van der Waals surface area contributed by atoms with E-state index in [1.54, 1.807) is 17.1 Å². The summed E-state index contributed by atoms with van der Waals surface area (Å²) in [5.41, 5.74) is 0. The summed E-state index contributed by atoms with van der Waals surface area (Å²) in [4.78, 5) is 13.6. The van der Waals surface area contributed by atoms with Gasteiger partial charge in [-0.1, -0.05) is 44.5 Å². The Bertz CT molecular complexity index is 578. The number of rotatable bonds is 2. The number of β-lactam (4-membered cyclic amide) rings is 1. The lowest BCUT2D eigenvalue weighted by Gasteiger charge is -2.46. The molecule has 1 amide bonds. The van der Waals surface area contributed by atoms with Gasteiger partial charge in [0.1, 0.15) is 6.10 Å². The highest BCUT2D eigenvalue weighted by Gasteiger charge is 2.46. The van der Waals surface area contributed by atoms with Crippen molar-refractivity contribution < 1.29 is 9.22 Å². The molecule has 2 rings (SSSR count). The van der Waals surface area contributed by atoms with E-state index in [0.717, 1.165) is 0 Å². The second-order valence-electron chi connectivity index (χ2n) is 7.03. The van der Waals surface area contributed by atoms with Gasteiger partial charge >= 0.3 is 0 Å². The molecule has 2 atom stereocenters. The molecule has 0 aromatic heterocycles. The van der Waals surface area contributed by atoms with Crippen LogP contribution in [-0.2, 0) is 9.22 Å². The highest BCUT2D eigenvalue weighted by Crippen LogP contribution is 2.38. The summed E-state index contributed by atoms with van der Waals surface area (Å²) in [6.45, 7) is 11.5. The first-order chi connectivity index (χ1) is 9.72. The molecule has 2 aliphatic rings. The molecule has 0 aromatic rings. The fourth-order valence-electron chi connectivity index (χ4n) is 2.06. The van der Waals surface area contributed by atoms with Gasteiger partial charge in [-0.25, -0.2) is 0 Å². The smallest absolute Gasteiger partial charge is 0.225 e. The van der Waals surface area contributed by atoms with Crippen LogP contribution in [0.25, 0.3) is 0 Å². The maximum atomic E-state index is 11.8. The maximum absolute atomic E-state index is 11.8. The Morgan fingerprint density at radius 3 is 2.57 bits per heavy atom. The molecule has 0 N–H and O–H groups in total. The van der Waals surface area contributed by atoms with Crippen molar-refractivity contribution in [3.63, 3.8) is 0 Å². The molecule has 1 fully saturated rings. The van der Waals surface area contributed by atoms with Gasteiger partial charge < -0.3 is 9.33 Å². The van der Waals surface area contributed by atoms with E-state index in [-0.39, 0.29) is 23.1 Å². The highest BCUT2D eigenvalue weighted by atomic mass is 28.4. The van der Waals surface area contributed by atoms with Crippen molar-refractivity contribution >= 4 is 14.2 Å². The number of carbonyl (C=O) groups is 1. The molecule has 0 spiro atoms. The highest BCUT2D eigenvalue weighted by molar-refractivity contribution is 6.74. The van der Waals surface area contributed by atoms with Crippen LogP contribution in [0.3, 0.4) is 0 Å². The van der Waals surface area contributed by atoms with E-state index in [2.05, 4.69) is 57.5 Å². The minimum Gasteiger partial charge on any atom is -0.401 e. The van der Waals surface area contributed by atoms with Crippen molar-refractivity contribution in [2.75, 3.05) is 6.54 Å². The lowest BCUT2D eigenvalue weighted by Crippen LogP contribution is -2.60. The van der Waals surface area contributed by atoms with E-state index in [1.807, 2.05) is 0 Å². The molecule has 0 unspecified atom stereocenters. The van der Waals surface area contributed by atoms with Crippen LogP contribution in [-0.4, -0.2) is 37.8 Å². The summed E-state index contributed by atoms with van der Waals surface area (Å²) >= 11 is 0. The molecule has 2 aliphatic heterocycles. The molecule has 21 heavy (non-hydrogen) atoms. The Kier molecular flexibility index (Phi) is 4.32. The zero-order chi connectivity index (χ0) is 15.7. The van der Waals surface area contributed by atoms with Crippen LogP contribution in [0.1, 0.15) is 27.2 Å². The van der Waals surface area contributed by atoms with Crippen molar-refractivity contribution in [3.05, 3.63) is 12.2 Å². The van der Waals surface area contributed by atoms with Gasteiger partial charge in [0.15, 0.2) is 8.32 Å². The van der Waals surface area contributed by atoms with Gasteiger partial charge in [-0.05, 0) is 30.3 Å². The largest absolute Gasteiger partial charge is 0.401 e. The topological polar surface area (TPSA) is 29.5 Å². The first kappa shape index (κ1) is 15.9.